The SMILES string of the molecule is CN1[C@@H]2CCC[C@H]1CC2.FC(F)(F)c1cccc(C(F)(F)F)c1[B-](c1c(C(F)(F)F)cccc1C(F)(F)F)(c1c(C(F)(F)F)cccc1C(F)(F)F)c1c(C(F)(F)F)cccc1C(F)(F)F. The second-order valence-corrected chi connectivity index (χ2v) is 15.4. The summed E-state index contributed by atoms with van der Waals surface area (Å²) in [6, 6.07) is -6.16. The molecule has 2 saturated heterocycles. The highest BCUT2D eigenvalue weighted by molar-refractivity contribution is 7.21. The van der Waals surface area contributed by atoms with Gasteiger partial charge in [-0.15, -0.1) is 0 Å². The molecule has 0 radical (unpaired) electrons. The normalized spacial score (nSPS) is 18.3. The predicted octanol–water partition coefficient (Wildman–Crippen LogP) is 12.8. The minimum atomic E-state index is -7.76. The molecular formula is C40H27BF24N-. The van der Waals surface area contributed by atoms with Crippen molar-refractivity contribution in [1.82, 2.24) is 4.90 Å². The molecule has 2 aliphatic rings. The molecule has 0 spiro atoms. The van der Waals surface area contributed by atoms with E-state index in [-0.39, 0.29) is 0 Å². The first-order chi connectivity index (χ1) is 29.8. The number of hydrogen-bond donors (Lipinski definition) is 0. The molecule has 364 valence electrons. The van der Waals surface area contributed by atoms with E-state index in [4.69, 9.17) is 0 Å². The largest absolute Gasteiger partial charge is 0.413 e. The number of hydrogen-bond acceptors (Lipinski definition) is 1. The number of rotatable bonds is 4. The van der Waals surface area contributed by atoms with Crippen molar-refractivity contribution in [2.75, 3.05) is 7.05 Å². The molecule has 0 aliphatic carbocycles. The number of halogens is 24. The van der Waals surface area contributed by atoms with Crippen LogP contribution >= 0.6 is 0 Å². The molecule has 0 aromatic heterocycles. The Kier molecular flexibility index (Phi) is 13.5. The van der Waals surface area contributed by atoms with Crippen molar-refractivity contribution < 1.29 is 105 Å². The van der Waals surface area contributed by atoms with Crippen molar-refractivity contribution in [1.29, 1.82) is 0 Å². The van der Waals surface area contributed by atoms with Crippen LogP contribution in [0.15, 0.2) is 72.8 Å². The van der Waals surface area contributed by atoms with Gasteiger partial charge in [0.25, 0.3) is 0 Å². The Balaban J connectivity index is 0.000000798. The van der Waals surface area contributed by atoms with E-state index in [1.54, 1.807) is 0 Å². The number of nitrogens with zero attached hydrogens (tertiary/aromatic N) is 1. The van der Waals surface area contributed by atoms with Gasteiger partial charge in [-0.3, -0.25) is 0 Å². The van der Waals surface area contributed by atoms with Crippen molar-refractivity contribution in [2.24, 2.45) is 0 Å². The summed E-state index contributed by atoms with van der Waals surface area (Å²) in [6.07, 6.45) is -55.1. The third kappa shape index (κ3) is 9.93. The van der Waals surface area contributed by atoms with Gasteiger partial charge in [-0.2, -0.15) is 127 Å². The smallest absolute Gasteiger partial charge is 0.300 e. The fourth-order valence-corrected chi connectivity index (χ4v) is 9.35. The van der Waals surface area contributed by atoms with E-state index < -0.39 is 195 Å². The third-order valence-electron chi connectivity index (χ3n) is 11.7. The van der Waals surface area contributed by atoms with E-state index in [2.05, 4.69) is 11.9 Å². The zero-order valence-corrected chi connectivity index (χ0v) is 32.7. The maximum Gasteiger partial charge on any atom is 0.413 e. The maximum atomic E-state index is 15.0. The molecule has 2 bridgehead atoms. The molecule has 0 N–H and O–H groups in total. The van der Waals surface area contributed by atoms with Gasteiger partial charge in [0.15, 0.2) is 0 Å². The molecule has 4 aromatic carbocycles. The Morgan fingerprint density at radius 1 is 0.318 bits per heavy atom. The van der Waals surface area contributed by atoms with Crippen LogP contribution in [0.3, 0.4) is 0 Å². The van der Waals surface area contributed by atoms with Crippen LogP contribution < -0.4 is 21.9 Å². The monoisotopic (exact) mass is 988 g/mol. The summed E-state index contributed by atoms with van der Waals surface area (Å²) in [5.41, 5.74) is -42.7. The Bertz CT molecular complexity index is 1940. The molecule has 26 heteroatoms. The molecule has 0 saturated carbocycles. The summed E-state index contributed by atoms with van der Waals surface area (Å²) < 4.78 is 360. The summed E-state index contributed by atoms with van der Waals surface area (Å²) in [6.45, 7) is 0. The van der Waals surface area contributed by atoms with Gasteiger partial charge < -0.3 is 4.90 Å². The molecule has 2 fully saturated rings. The number of fused-ring (bicyclic) bond motifs is 2. The summed E-state index contributed by atoms with van der Waals surface area (Å²) in [4.78, 5) is 2.59. The van der Waals surface area contributed by atoms with Crippen molar-refractivity contribution >= 4 is 28.0 Å². The first-order valence-corrected chi connectivity index (χ1v) is 18.8. The lowest BCUT2D eigenvalue weighted by molar-refractivity contribution is -0.142. The molecule has 6 rings (SSSR count). The molecule has 2 heterocycles. The highest BCUT2D eigenvalue weighted by Gasteiger charge is 2.59. The minimum Gasteiger partial charge on any atom is -0.300 e. The Hall–Kier alpha value is -4.78. The molecule has 0 amide bonds. The van der Waals surface area contributed by atoms with Gasteiger partial charge >= 0.3 is 49.4 Å². The topological polar surface area (TPSA) is 3.24 Å². The standard InChI is InChI=1S/C32H12BF24.C8H15N/c34-25(35,36)13-5-1-6-14(26(37,38)39)21(13)33(22-15(27(40,41)42)7-2-8-16(22)28(43,44)45,23-17(29(46,47)48)9-3-10-18(23)30(49,50)51)24-19(31(52,53)54)11-4-12-20(24)32(55,56)57;1-9-7-3-2-4-8(9)6-5-7/h1-12H;7-8H,2-6H2,1H3/q-1;/t;7-,8+. The second-order valence-electron chi connectivity index (χ2n) is 15.4. The van der Waals surface area contributed by atoms with Gasteiger partial charge in [0, 0.05) is 56.6 Å². The van der Waals surface area contributed by atoms with Gasteiger partial charge in [-0.1, -0.05) is 79.2 Å². The predicted molar refractivity (Wildman–Crippen MR) is 188 cm³/mol. The van der Waals surface area contributed by atoms with Crippen LogP contribution in [-0.2, 0) is 49.4 Å². The molecule has 4 aromatic rings. The van der Waals surface area contributed by atoms with Crippen molar-refractivity contribution in [2.45, 2.75) is 93.6 Å². The quantitative estimate of drug-likeness (QED) is 0.145. The van der Waals surface area contributed by atoms with Gasteiger partial charge in [0.1, 0.15) is 6.15 Å². The Labute approximate surface area is 356 Å². The van der Waals surface area contributed by atoms with Crippen LogP contribution in [-0.4, -0.2) is 30.2 Å². The summed E-state index contributed by atoms with van der Waals surface area (Å²) in [5.74, 6) is 0. The lowest BCUT2D eigenvalue weighted by atomic mass is 9.10. The van der Waals surface area contributed by atoms with Gasteiger partial charge in [0.2, 0.25) is 0 Å². The van der Waals surface area contributed by atoms with Crippen LogP contribution in [0.5, 0.6) is 0 Å². The molecule has 66 heavy (non-hydrogen) atoms. The molecule has 1 nitrogen and oxygen atoms in total. The lowest BCUT2D eigenvalue weighted by Crippen LogP contribution is -2.81. The summed E-state index contributed by atoms with van der Waals surface area (Å²) in [7, 11) is 2.29. The highest BCUT2D eigenvalue weighted by atomic mass is 19.4. The third-order valence-corrected chi connectivity index (χ3v) is 11.7. The highest BCUT2D eigenvalue weighted by Crippen LogP contribution is 2.46. The maximum absolute atomic E-state index is 15.0. The van der Waals surface area contributed by atoms with Crippen LogP contribution in [0.1, 0.15) is 76.6 Å². The number of piperidine rings is 1. The average molecular weight is 988 g/mol. The van der Waals surface area contributed by atoms with Gasteiger partial charge in [-0.05, 0) is 32.7 Å². The van der Waals surface area contributed by atoms with E-state index in [9.17, 15) is 0 Å². The molecule has 2 atom stereocenters. The average Bonchev–Trinajstić information content (AvgIpc) is 3.32. The zero-order chi connectivity index (χ0) is 50.2. The molecule has 0 unspecified atom stereocenters. The number of benzene rings is 4. The van der Waals surface area contributed by atoms with Crippen LogP contribution in [0.25, 0.3) is 0 Å². The fourth-order valence-electron chi connectivity index (χ4n) is 9.35. The van der Waals surface area contributed by atoms with E-state index in [1.807, 2.05) is 0 Å². The fraction of sp³-hybridized carbons (Fsp3) is 0.400. The van der Waals surface area contributed by atoms with Gasteiger partial charge in [0.05, 0.1) is 0 Å². The van der Waals surface area contributed by atoms with Crippen LogP contribution in [0.4, 0.5) is 105 Å². The summed E-state index contributed by atoms with van der Waals surface area (Å²) in [5, 5.41) is 0. The molecule has 2 aliphatic heterocycles. The van der Waals surface area contributed by atoms with Crippen molar-refractivity contribution in [3.63, 3.8) is 0 Å². The lowest BCUT2D eigenvalue weighted by Gasteiger charge is -2.52. The Morgan fingerprint density at radius 2 is 0.485 bits per heavy atom. The first-order valence-electron chi connectivity index (χ1n) is 18.8. The van der Waals surface area contributed by atoms with E-state index in [0.29, 0.717) is 0 Å². The van der Waals surface area contributed by atoms with Crippen LogP contribution in [0.2, 0.25) is 0 Å². The number of alkyl halides is 24. The second kappa shape index (κ2) is 17.1. The molecular weight excluding hydrogens is 961 g/mol. The minimum absolute atomic E-state index is 0.406. The Morgan fingerprint density at radius 3 is 0.621 bits per heavy atom. The van der Waals surface area contributed by atoms with Crippen LogP contribution in [0, 0.1) is 0 Å². The van der Waals surface area contributed by atoms with E-state index in [0.717, 1.165) is 12.1 Å². The summed E-state index contributed by atoms with van der Waals surface area (Å²) >= 11 is 0. The van der Waals surface area contributed by atoms with E-state index >= 15 is 105 Å². The van der Waals surface area contributed by atoms with Crippen molar-refractivity contribution in [3.8, 4) is 0 Å². The first kappa shape index (κ1) is 52.2. The van der Waals surface area contributed by atoms with Gasteiger partial charge in [-0.25, -0.2) is 0 Å². The zero-order valence-electron chi connectivity index (χ0n) is 32.7. The van der Waals surface area contributed by atoms with Crippen molar-refractivity contribution in [3.05, 3.63) is 117 Å². The van der Waals surface area contributed by atoms with E-state index in [1.165, 1.54) is 32.1 Å².